The zero-order chi connectivity index (χ0) is 27.0. The van der Waals surface area contributed by atoms with Crippen molar-refractivity contribution in [3.05, 3.63) is 94.0 Å². The first kappa shape index (κ1) is 28.2. The van der Waals surface area contributed by atoms with Gasteiger partial charge in [-0.05, 0) is 89.3 Å². The fraction of sp³-hybridized carbons (Fsp3) is 0.222. The lowest BCUT2D eigenvalue weighted by Gasteiger charge is -2.19. The molecule has 0 aliphatic heterocycles. The summed E-state index contributed by atoms with van der Waals surface area (Å²) in [6.45, 7) is 5.66. The number of carbonyl (C=O) groups is 2. The molecule has 0 bridgehead atoms. The van der Waals surface area contributed by atoms with E-state index >= 15 is 0 Å². The Morgan fingerprint density at radius 2 is 1.65 bits per heavy atom. The first-order valence-electron chi connectivity index (χ1n) is 11.5. The number of sulfonamides is 1. The lowest BCUT2D eigenvalue weighted by molar-refractivity contribution is -0.123. The molecule has 1 amide bonds. The number of hydrogen-bond donors (Lipinski definition) is 2. The van der Waals surface area contributed by atoms with Gasteiger partial charge in [0.05, 0.1) is 16.7 Å². The van der Waals surface area contributed by atoms with Crippen molar-refractivity contribution in [1.82, 2.24) is 10.1 Å². The molecule has 194 valence electrons. The van der Waals surface area contributed by atoms with E-state index in [1.165, 1.54) is 18.3 Å². The average molecular weight is 587 g/mol. The molecule has 0 saturated heterocycles. The minimum atomic E-state index is -3.89. The van der Waals surface area contributed by atoms with Gasteiger partial charge in [0.15, 0.2) is 0 Å². The molecule has 1 atom stereocenters. The van der Waals surface area contributed by atoms with E-state index < -0.39 is 27.9 Å². The van der Waals surface area contributed by atoms with E-state index in [9.17, 15) is 18.0 Å². The second-order valence-electron chi connectivity index (χ2n) is 8.79. The number of rotatable bonds is 10. The van der Waals surface area contributed by atoms with E-state index in [1.54, 1.807) is 60.7 Å². The normalized spacial score (nSPS) is 12.5. The molecule has 0 saturated carbocycles. The van der Waals surface area contributed by atoms with Crippen molar-refractivity contribution in [1.29, 1.82) is 0 Å². The van der Waals surface area contributed by atoms with E-state index in [4.69, 9.17) is 4.74 Å². The van der Waals surface area contributed by atoms with Gasteiger partial charge in [-0.25, -0.2) is 18.6 Å². The Balaban J connectivity index is 1.61. The van der Waals surface area contributed by atoms with Crippen LogP contribution in [0.25, 0.3) is 0 Å². The van der Waals surface area contributed by atoms with E-state index in [-0.39, 0.29) is 10.8 Å². The molecule has 8 nitrogen and oxygen atoms in total. The monoisotopic (exact) mass is 585 g/mol. The van der Waals surface area contributed by atoms with E-state index in [0.717, 1.165) is 5.56 Å². The SMILES string of the molecule is Cc1ccc(S(=O)(=O)N[C@H](CC(C)C)C(=O)N/N=C\c2ccc(OC(=O)c3ccccc3Br)cc2)cc1. The Morgan fingerprint density at radius 1 is 1.00 bits per heavy atom. The zero-order valence-electron chi connectivity index (χ0n) is 20.6. The summed E-state index contributed by atoms with van der Waals surface area (Å²) < 4.78 is 34.1. The fourth-order valence-corrected chi connectivity index (χ4v) is 4.97. The molecular formula is C27H28BrN3O5S. The zero-order valence-corrected chi connectivity index (χ0v) is 23.0. The number of aryl methyl sites for hydroxylation is 1. The third-order valence-corrected chi connectivity index (χ3v) is 7.40. The molecule has 0 heterocycles. The van der Waals surface area contributed by atoms with Crippen LogP contribution in [-0.2, 0) is 14.8 Å². The van der Waals surface area contributed by atoms with Gasteiger partial charge < -0.3 is 4.74 Å². The molecule has 0 aliphatic carbocycles. The number of benzene rings is 3. The van der Waals surface area contributed by atoms with Crippen molar-refractivity contribution in [2.75, 3.05) is 0 Å². The summed E-state index contributed by atoms with van der Waals surface area (Å²) in [5.74, 6) is -0.651. The van der Waals surface area contributed by atoms with Crippen LogP contribution in [0.1, 0.15) is 41.8 Å². The standard InChI is InChI=1S/C27H28BrN3O5S/c1-18(2)16-25(31-37(34,35)22-14-8-19(3)9-15-22)26(32)30-29-17-20-10-12-21(13-11-20)36-27(33)23-6-4-5-7-24(23)28/h4-15,17-18,25,31H,16H2,1-3H3,(H,30,32)/b29-17-/t25-/m1/s1. The predicted octanol–water partition coefficient (Wildman–Crippen LogP) is 4.82. The minimum Gasteiger partial charge on any atom is -0.423 e. The molecule has 37 heavy (non-hydrogen) atoms. The van der Waals surface area contributed by atoms with Gasteiger partial charge in [-0.2, -0.15) is 9.82 Å². The number of carbonyl (C=O) groups excluding carboxylic acids is 2. The van der Waals surface area contributed by atoms with Crippen molar-refractivity contribution < 1.29 is 22.7 Å². The Kier molecular flexibility index (Phi) is 9.73. The number of esters is 1. The molecule has 0 aliphatic rings. The van der Waals surface area contributed by atoms with Gasteiger partial charge >= 0.3 is 5.97 Å². The Labute approximate surface area is 225 Å². The molecule has 0 unspecified atom stereocenters. The Morgan fingerprint density at radius 3 is 2.27 bits per heavy atom. The van der Waals surface area contributed by atoms with E-state index in [1.807, 2.05) is 20.8 Å². The predicted molar refractivity (Wildman–Crippen MR) is 146 cm³/mol. The number of hydrogen-bond acceptors (Lipinski definition) is 6. The van der Waals surface area contributed by atoms with Crippen LogP contribution in [0.3, 0.4) is 0 Å². The lowest BCUT2D eigenvalue weighted by Crippen LogP contribution is -2.46. The molecule has 10 heteroatoms. The molecule has 3 rings (SSSR count). The van der Waals surface area contributed by atoms with Crippen molar-refractivity contribution >= 4 is 44.0 Å². The second-order valence-corrected chi connectivity index (χ2v) is 11.4. The quantitative estimate of drug-likeness (QED) is 0.153. The molecule has 0 spiro atoms. The lowest BCUT2D eigenvalue weighted by atomic mass is 10.0. The van der Waals surface area contributed by atoms with E-state index in [0.29, 0.717) is 27.8 Å². The molecule has 0 fully saturated rings. The third kappa shape index (κ3) is 8.34. The van der Waals surface area contributed by atoms with Crippen LogP contribution in [0.4, 0.5) is 0 Å². The number of hydrazone groups is 1. The van der Waals surface area contributed by atoms with Crippen LogP contribution in [-0.4, -0.2) is 32.6 Å². The summed E-state index contributed by atoms with van der Waals surface area (Å²) in [6.07, 6.45) is 1.71. The summed E-state index contributed by atoms with van der Waals surface area (Å²) in [4.78, 5) is 25.2. The van der Waals surface area contributed by atoms with Crippen molar-refractivity contribution in [2.45, 2.75) is 38.1 Å². The summed E-state index contributed by atoms with van der Waals surface area (Å²) >= 11 is 3.32. The number of amides is 1. The molecule has 0 radical (unpaired) electrons. The van der Waals surface area contributed by atoms with Crippen LogP contribution in [0.15, 0.2) is 87.3 Å². The molecule has 3 aromatic carbocycles. The van der Waals surface area contributed by atoms with Crippen LogP contribution < -0.4 is 14.9 Å². The average Bonchev–Trinajstić information content (AvgIpc) is 2.84. The number of halogens is 1. The number of nitrogens with zero attached hydrogens (tertiary/aromatic N) is 1. The largest absolute Gasteiger partial charge is 0.423 e. The summed E-state index contributed by atoms with van der Waals surface area (Å²) in [5.41, 5.74) is 4.39. The highest BCUT2D eigenvalue weighted by molar-refractivity contribution is 9.10. The smallest absolute Gasteiger partial charge is 0.344 e. The van der Waals surface area contributed by atoms with Gasteiger partial charge in [-0.1, -0.05) is 43.7 Å². The first-order valence-corrected chi connectivity index (χ1v) is 13.8. The van der Waals surface area contributed by atoms with Crippen LogP contribution in [0.2, 0.25) is 0 Å². The molecule has 0 aromatic heterocycles. The first-order chi connectivity index (χ1) is 17.5. The van der Waals surface area contributed by atoms with E-state index in [2.05, 4.69) is 31.2 Å². The maximum Gasteiger partial charge on any atom is 0.344 e. The fourth-order valence-electron chi connectivity index (χ4n) is 3.31. The van der Waals surface area contributed by atoms with Crippen LogP contribution in [0, 0.1) is 12.8 Å². The van der Waals surface area contributed by atoms with Gasteiger partial charge in [0.2, 0.25) is 10.0 Å². The third-order valence-electron chi connectivity index (χ3n) is 5.23. The Bertz CT molecular complexity index is 1370. The molecule has 3 aromatic rings. The van der Waals surface area contributed by atoms with Gasteiger partial charge in [-0.15, -0.1) is 0 Å². The molecular weight excluding hydrogens is 558 g/mol. The number of ether oxygens (including phenoxy) is 1. The highest BCUT2D eigenvalue weighted by Gasteiger charge is 2.26. The summed E-state index contributed by atoms with van der Waals surface area (Å²) in [6, 6.07) is 18.9. The topological polar surface area (TPSA) is 114 Å². The van der Waals surface area contributed by atoms with Crippen molar-refractivity contribution in [3.8, 4) is 5.75 Å². The van der Waals surface area contributed by atoms with Gasteiger partial charge in [0, 0.05) is 4.47 Å². The second kappa shape index (κ2) is 12.8. The highest BCUT2D eigenvalue weighted by Crippen LogP contribution is 2.19. The van der Waals surface area contributed by atoms with Gasteiger partial charge in [0.25, 0.3) is 5.91 Å². The maximum atomic E-state index is 12.8. The van der Waals surface area contributed by atoms with Crippen molar-refractivity contribution in [2.24, 2.45) is 11.0 Å². The van der Waals surface area contributed by atoms with Gasteiger partial charge in [-0.3, -0.25) is 4.79 Å². The Hall–Kier alpha value is -3.34. The summed E-state index contributed by atoms with van der Waals surface area (Å²) in [5, 5.41) is 3.96. The van der Waals surface area contributed by atoms with Crippen molar-refractivity contribution in [3.63, 3.8) is 0 Å². The maximum absolute atomic E-state index is 12.8. The minimum absolute atomic E-state index is 0.0622. The van der Waals surface area contributed by atoms with Gasteiger partial charge in [0.1, 0.15) is 11.8 Å². The molecule has 2 N–H and O–H groups in total. The van der Waals surface area contributed by atoms with Crippen LogP contribution >= 0.6 is 15.9 Å². The summed E-state index contributed by atoms with van der Waals surface area (Å²) in [7, 11) is -3.89. The van der Waals surface area contributed by atoms with Crippen LogP contribution in [0.5, 0.6) is 5.75 Å². The number of nitrogens with one attached hydrogen (secondary N) is 2. The highest BCUT2D eigenvalue weighted by atomic mass is 79.9.